The highest BCUT2D eigenvalue weighted by Gasteiger charge is 2.23. The lowest BCUT2D eigenvalue weighted by molar-refractivity contribution is -0.148. The van der Waals surface area contributed by atoms with Crippen LogP contribution >= 0.6 is 0 Å². The fraction of sp³-hybridized carbons (Fsp3) is 0.367. The van der Waals surface area contributed by atoms with Crippen LogP contribution in [0.3, 0.4) is 0 Å². The first-order valence-electron chi connectivity index (χ1n) is 12.6. The standard InChI is InChI=1S/C30H38N2O5/c1-3-11-25(21-28(34)32-27(22-33)20-24-15-9-6-10-16-24)29(35)31-17-18-37-30(36)26(12-4-2)19-23-13-7-5-8-14-23/h3-10,13-16,25-27,33H,1-2,11-12,17-22H2,(H,31,35)(H,32,34). The number of amides is 2. The van der Waals surface area contributed by atoms with Crippen LogP contribution in [0.4, 0.5) is 0 Å². The Morgan fingerprint density at radius 2 is 1.43 bits per heavy atom. The molecule has 3 N–H and O–H groups in total. The maximum atomic E-state index is 12.7. The average Bonchev–Trinajstić information content (AvgIpc) is 2.91. The predicted octanol–water partition coefficient (Wildman–Crippen LogP) is 3.38. The quantitative estimate of drug-likeness (QED) is 0.173. The number of carbonyl (C=O) groups excluding carboxylic acids is 3. The molecular weight excluding hydrogens is 468 g/mol. The number of esters is 1. The smallest absolute Gasteiger partial charge is 0.309 e. The number of aliphatic hydroxyl groups excluding tert-OH is 1. The van der Waals surface area contributed by atoms with Gasteiger partial charge in [-0.05, 0) is 36.8 Å². The van der Waals surface area contributed by atoms with Gasteiger partial charge in [-0.2, -0.15) is 0 Å². The second kappa shape index (κ2) is 16.9. The van der Waals surface area contributed by atoms with Crippen molar-refractivity contribution >= 4 is 17.8 Å². The monoisotopic (exact) mass is 506 g/mol. The summed E-state index contributed by atoms with van der Waals surface area (Å²) >= 11 is 0. The van der Waals surface area contributed by atoms with Crippen molar-refractivity contribution in [2.24, 2.45) is 11.8 Å². The largest absolute Gasteiger partial charge is 0.464 e. The molecule has 3 atom stereocenters. The van der Waals surface area contributed by atoms with Crippen molar-refractivity contribution in [3.63, 3.8) is 0 Å². The van der Waals surface area contributed by atoms with E-state index in [4.69, 9.17) is 4.74 Å². The van der Waals surface area contributed by atoms with Gasteiger partial charge in [-0.1, -0.05) is 72.8 Å². The number of hydrogen-bond acceptors (Lipinski definition) is 5. The van der Waals surface area contributed by atoms with E-state index in [0.29, 0.717) is 25.7 Å². The van der Waals surface area contributed by atoms with Gasteiger partial charge < -0.3 is 20.5 Å². The highest BCUT2D eigenvalue weighted by Crippen LogP contribution is 2.15. The van der Waals surface area contributed by atoms with Gasteiger partial charge in [0.2, 0.25) is 11.8 Å². The Morgan fingerprint density at radius 1 is 0.865 bits per heavy atom. The zero-order chi connectivity index (χ0) is 26.9. The molecule has 2 aromatic carbocycles. The minimum Gasteiger partial charge on any atom is -0.464 e. The third kappa shape index (κ3) is 11.3. The molecule has 0 radical (unpaired) electrons. The molecule has 2 amide bonds. The molecule has 0 saturated heterocycles. The highest BCUT2D eigenvalue weighted by atomic mass is 16.5. The molecule has 198 valence electrons. The number of nitrogens with one attached hydrogen (secondary N) is 2. The van der Waals surface area contributed by atoms with E-state index in [9.17, 15) is 19.5 Å². The second-order valence-electron chi connectivity index (χ2n) is 8.93. The molecular formula is C30H38N2O5. The first kappa shape index (κ1) is 29.5. The Kier molecular flexibility index (Phi) is 13.5. The Labute approximate surface area is 219 Å². The zero-order valence-electron chi connectivity index (χ0n) is 21.3. The summed E-state index contributed by atoms with van der Waals surface area (Å²) in [6.45, 7) is 7.38. The summed E-state index contributed by atoms with van der Waals surface area (Å²) < 4.78 is 5.40. The molecule has 0 heterocycles. The van der Waals surface area contributed by atoms with Crippen LogP contribution in [0.1, 0.15) is 30.4 Å². The maximum absolute atomic E-state index is 12.7. The van der Waals surface area contributed by atoms with Gasteiger partial charge in [-0.15, -0.1) is 13.2 Å². The van der Waals surface area contributed by atoms with Gasteiger partial charge in [0.05, 0.1) is 31.0 Å². The normalized spacial score (nSPS) is 13.0. The van der Waals surface area contributed by atoms with E-state index in [0.717, 1.165) is 11.1 Å². The average molecular weight is 507 g/mol. The fourth-order valence-corrected chi connectivity index (χ4v) is 4.01. The molecule has 0 aliphatic heterocycles. The number of hydrogen-bond donors (Lipinski definition) is 3. The molecule has 2 rings (SSSR count). The molecule has 0 saturated carbocycles. The molecule has 0 bridgehead atoms. The lowest BCUT2D eigenvalue weighted by atomic mass is 9.96. The summed E-state index contributed by atoms with van der Waals surface area (Å²) in [5.74, 6) is -1.94. The molecule has 2 aromatic rings. The highest BCUT2D eigenvalue weighted by molar-refractivity contribution is 5.86. The molecule has 0 aromatic heterocycles. The van der Waals surface area contributed by atoms with E-state index in [2.05, 4.69) is 23.8 Å². The van der Waals surface area contributed by atoms with Gasteiger partial charge in [-0.3, -0.25) is 14.4 Å². The summed E-state index contributed by atoms with van der Waals surface area (Å²) in [4.78, 5) is 37.8. The number of carbonyl (C=O) groups is 3. The van der Waals surface area contributed by atoms with Crippen molar-refractivity contribution in [2.45, 2.75) is 38.1 Å². The summed E-state index contributed by atoms with van der Waals surface area (Å²) in [6, 6.07) is 18.8. The molecule has 0 fully saturated rings. The van der Waals surface area contributed by atoms with Crippen LogP contribution in [0.25, 0.3) is 0 Å². The van der Waals surface area contributed by atoms with Crippen molar-refractivity contribution in [3.05, 3.63) is 97.1 Å². The first-order valence-corrected chi connectivity index (χ1v) is 12.6. The number of rotatable bonds is 17. The fourth-order valence-electron chi connectivity index (χ4n) is 4.01. The van der Waals surface area contributed by atoms with E-state index in [1.165, 1.54) is 0 Å². The van der Waals surface area contributed by atoms with Crippen LogP contribution in [0.15, 0.2) is 86.0 Å². The van der Waals surface area contributed by atoms with Gasteiger partial charge in [0, 0.05) is 6.42 Å². The third-order valence-corrected chi connectivity index (χ3v) is 5.92. The summed E-state index contributed by atoms with van der Waals surface area (Å²) in [7, 11) is 0. The SMILES string of the molecule is C=CCC(CC(=O)NC(CO)Cc1ccccc1)C(=O)NCCOC(=O)C(CC=C)Cc1ccccc1. The van der Waals surface area contributed by atoms with Gasteiger partial charge >= 0.3 is 5.97 Å². The topological polar surface area (TPSA) is 105 Å². The number of benzene rings is 2. The van der Waals surface area contributed by atoms with E-state index < -0.39 is 12.0 Å². The molecule has 0 aliphatic carbocycles. The minimum atomic E-state index is -0.615. The van der Waals surface area contributed by atoms with Gasteiger partial charge in [0.1, 0.15) is 6.61 Å². The Morgan fingerprint density at radius 3 is 2.00 bits per heavy atom. The van der Waals surface area contributed by atoms with Crippen molar-refractivity contribution in [3.8, 4) is 0 Å². The molecule has 7 nitrogen and oxygen atoms in total. The van der Waals surface area contributed by atoms with Crippen LogP contribution in [0.5, 0.6) is 0 Å². The van der Waals surface area contributed by atoms with Crippen LogP contribution in [-0.2, 0) is 32.0 Å². The molecule has 0 spiro atoms. The van der Waals surface area contributed by atoms with E-state index in [1.54, 1.807) is 12.2 Å². The van der Waals surface area contributed by atoms with Crippen LogP contribution in [0.2, 0.25) is 0 Å². The van der Waals surface area contributed by atoms with Gasteiger partial charge in [-0.25, -0.2) is 0 Å². The minimum absolute atomic E-state index is 0.0314. The number of aliphatic hydroxyl groups is 1. The predicted molar refractivity (Wildman–Crippen MR) is 145 cm³/mol. The van der Waals surface area contributed by atoms with Crippen molar-refractivity contribution in [2.75, 3.05) is 19.8 Å². The Hall–Kier alpha value is -3.71. The second-order valence-corrected chi connectivity index (χ2v) is 8.93. The summed E-state index contributed by atoms with van der Waals surface area (Å²) in [5, 5.41) is 15.2. The summed E-state index contributed by atoms with van der Waals surface area (Å²) in [5.41, 5.74) is 2.04. The van der Waals surface area contributed by atoms with Crippen LogP contribution in [-0.4, -0.2) is 48.7 Å². The third-order valence-electron chi connectivity index (χ3n) is 5.92. The van der Waals surface area contributed by atoms with Crippen molar-refractivity contribution < 1.29 is 24.2 Å². The van der Waals surface area contributed by atoms with Gasteiger partial charge in [0.15, 0.2) is 0 Å². The van der Waals surface area contributed by atoms with Gasteiger partial charge in [0.25, 0.3) is 0 Å². The molecule has 0 aliphatic rings. The Bertz CT molecular complexity index is 994. The van der Waals surface area contributed by atoms with E-state index in [-0.39, 0.29) is 49.9 Å². The van der Waals surface area contributed by atoms with Crippen molar-refractivity contribution in [1.29, 1.82) is 0 Å². The number of allylic oxidation sites excluding steroid dienone is 2. The van der Waals surface area contributed by atoms with E-state index in [1.807, 2.05) is 60.7 Å². The van der Waals surface area contributed by atoms with Crippen LogP contribution in [0, 0.1) is 11.8 Å². The van der Waals surface area contributed by atoms with E-state index >= 15 is 0 Å². The maximum Gasteiger partial charge on any atom is 0.309 e. The Balaban J connectivity index is 1.79. The van der Waals surface area contributed by atoms with Crippen LogP contribution < -0.4 is 10.6 Å². The molecule has 3 unspecified atom stereocenters. The molecule has 7 heteroatoms. The lowest BCUT2D eigenvalue weighted by Crippen LogP contribution is -2.42. The lowest BCUT2D eigenvalue weighted by Gasteiger charge is -2.19. The summed E-state index contributed by atoms with van der Waals surface area (Å²) in [6.07, 6.45) is 5.10. The molecule has 37 heavy (non-hydrogen) atoms. The zero-order valence-corrected chi connectivity index (χ0v) is 21.3. The number of ether oxygens (including phenoxy) is 1. The van der Waals surface area contributed by atoms with Crippen molar-refractivity contribution in [1.82, 2.24) is 10.6 Å². The first-order chi connectivity index (χ1) is 18.0.